The van der Waals surface area contributed by atoms with Gasteiger partial charge in [0.15, 0.2) is 0 Å². The monoisotopic (exact) mass is 320 g/mol. The molecule has 0 saturated heterocycles. The summed E-state index contributed by atoms with van der Waals surface area (Å²) in [5, 5.41) is 5.69. The molecule has 0 aromatic heterocycles. The number of rotatable bonds is 4. The van der Waals surface area contributed by atoms with Crippen LogP contribution in [-0.2, 0) is 6.54 Å². The number of nitrogens with zero attached hydrogens (tertiary/aromatic N) is 1. The Morgan fingerprint density at radius 2 is 1.71 bits per heavy atom. The Bertz CT molecular complexity index is 658. The second-order valence-electron chi connectivity index (χ2n) is 5.03. The van der Waals surface area contributed by atoms with Crippen molar-refractivity contribution in [1.29, 1.82) is 0 Å². The molecule has 1 N–H and O–H groups in total. The third-order valence-corrected chi connectivity index (χ3v) is 4.20. The van der Waals surface area contributed by atoms with Crippen LogP contribution in [0.1, 0.15) is 29.2 Å². The number of nitrogens with one attached hydrogen (secondary N) is 1. The topological polar surface area (TPSA) is 24.4 Å². The number of hydrazone groups is 1. The second-order valence-corrected chi connectivity index (χ2v) is 5.85. The van der Waals surface area contributed by atoms with E-state index in [2.05, 4.69) is 42.6 Å². The van der Waals surface area contributed by atoms with Crippen LogP contribution in [0.5, 0.6) is 0 Å². The van der Waals surface area contributed by atoms with E-state index in [9.17, 15) is 0 Å². The van der Waals surface area contributed by atoms with Gasteiger partial charge in [0, 0.05) is 15.6 Å². The molecule has 0 fully saturated rings. The summed E-state index contributed by atoms with van der Waals surface area (Å²) in [4.78, 5) is 0. The molecule has 110 valence electrons. The fourth-order valence-corrected chi connectivity index (χ4v) is 2.50. The van der Waals surface area contributed by atoms with Crippen molar-refractivity contribution in [3.63, 3.8) is 0 Å². The van der Waals surface area contributed by atoms with Crippen LogP contribution in [0.2, 0.25) is 10.0 Å². The van der Waals surface area contributed by atoms with Crippen molar-refractivity contribution >= 4 is 28.9 Å². The van der Waals surface area contributed by atoms with Crippen LogP contribution < -0.4 is 5.43 Å². The number of benzene rings is 2. The molecule has 2 rings (SSSR count). The smallest absolute Gasteiger partial charge is 0.0644 e. The van der Waals surface area contributed by atoms with Crippen LogP contribution in [0.15, 0.2) is 41.5 Å². The van der Waals surface area contributed by atoms with Crippen molar-refractivity contribution in [3.05, 3.63) is 68.7 Å². The molecule has 0 radical (unpaired) electrons. The van der Waals surface area contributed by atoms with Crippen LogP contribution >= 0.6 is 23.2 Å². The molecule has 0 aliphatic heterocycles. The van der Waals surface area contributed by atoms with Gasteiger partial charge in [0.1, 0.15) is 0 Å². The molecule has 2 aromatic carbocycles. The minimum absolute atomic E-state index is 0.501. The average Bonchev–Trinajstić information content (AvgIpc) is 2.45. The fourth-order valence-electron chi connectivity index (χ4n) is 1.97. The SMILES string of the molecule is C/C(=N\NCc1c(Cl)cccc1Cl)c1ccc(C)c(C)c1. The van der Waals surface area contributed by atoms with Crippen molar-refractivity contribution in [1.82, 2.24) is 5.43 Å². The third kappa shape index (κ3) is 3.99. The minimum atomic E-state index is 0.501. The molecule has 0 aliphatic rings. The number of hydrogen-bond donors (Lipinski definition) is 1. The quantitative estimate of drug-likeness (QED) is 0.613. The van der Waals surface area contributed by atoms with Crippen LogP contribution in [0.25, 0.3) is 0 Å². The highest BCUT2D eigenvalue weighted by Crippen LogP contribution is 2.23. The van der Waals surface area contributed by atoms with Crippen LogP contribution in [-0.4, -0.2) is 5.71 Å². The zero-order valence-electron chi connectivity index (χ0n) is 12.4. The molecule has 0 bridgehead atoms. The maximum atomic E-state index is 6.13. The lowest BCUT2D eigenvalue weighted by Crippen LogP contribution is -2.10. The molecular formula is C17H18Cl2N2. The molecule has 2 nitrogen and oxygen atoms in total. The normalized spacial score (nSPS) is 11.6. The van der Waals surface area contributed by atoms with Gasteiger partial charge in [-0.15, -0.1) is 0 Å². The van der Waals surface area contributed by atoms with Crippen molar-refractivity contribution < 1.29 is 0 Å². The highest BCUT2D eigenvalue weighted by molar-refractivity contribution is 6.35. The first-order valence-corrected chi connectivity index (χ1v) is 7.52. The number of aryl methyl sites for hydroxylation is 2. The summed E-state index contributed by atoms with van der Waals surface area (Å²) in [5.74, 6) is 0. The molecule has 21 heavy (non-hydrogen) atoms. The summed E-state index contributed by atoms with van der Waals surface area (Å²) < 4.78 is 0. The van der Waals surface area contributed by atoms with Gasteiger partial charge in [0.2, 0.25) is 0 Å². The maximum absolute atomic E-state index is 6.13. The molecular weight excluding hydrogens is 303 g/mol. The van der Waals surface area contributed by atoms with Gasteiger partial charge in [-0.25, -0.2) is 0 Å². The lowest BCUT2D eigenvalue weighted by atomic mass is 10.0. The van der Waals surface area contributed by atoms with Crippen molar-refractivity contribution in [2.24, 2.45) is 5.10 Å². The molecule has 0 heterocycles. The lowest BCUT2D eigenvalue weighted by Gasteiger charge is -2.08. The van der Waals surface area contributed by atoms with Gasteiger partial charge in [0.25, 0.3) is 0 Å². The summed E-state index contributed by atoms with van der Waals surface area (Å²) in [7, 11) is 0. The summed E-state index contributed by atoms with van der Waals surface area (Å²) >= 11 is 12.3. The van der Waals surface area contributed by atoms with Gasteiger partial charge in [-0.1, -0.05) is 41.4 Å². The lowest BCUT2D eigenvalue weighted by molar-refractivity contribution is 0.744. The maximum Gasteiger partial charge on any atom is 0.0644 e. The Labute approximate surface area is 135 Å². The fraction of sp³-hybridized carbons (Fsp3) is 0.235. The highest BCUT2D eigenvalue weighted by atomic mass is 35.5. The van der Waals surface area contributed by atoms with Crippen LogP contribution in [0.4, 0.5) is 0 Å². The predicted molar refractivity (Wildman–Crippen MR) is 91.4 cm³/mol. The Kier molecular flexibility index (Phi) is 5.27. The molecule has 0 saturated carbocycles. The van der Waals surface area contributed by atoms with Crippen molar-refractivity contribution in [3.8, 4) is 0 Å². The second kappa shape index (κ2) is 6.97. The van der Waals surface area contributed by atoms with E-state index in [0.29, 0.717) is 16.6 Å². The Morgan fingerprint density at radius 1 is 1.05 bits per heavy atom. The number of halogens is 2. The van der Waals surface area contributed by atoms with E-state index < -0.39 is 0 Å². The van der Waals surface area contributed by atoms with Gasteiger partial charge in [0.05, 0.1) is 12.3 Å². The molecule has 2 aromatic rings. The van der Waals surface area contributed by atoms with E-state index >= 15 is 0 Å². The molecule has 0 spiro atoms. The van der Waals surface area contributed by atoms with E-state index in [1.165, 1.54) is 11.1 Å². The van der Waals surface area contributed by atoms with E-state index in [1.807, 2.05) is 25.1 Å². The van der Waals surface area contributed by atoms with Gasteiger partial charge in [-0.2, -0.15) is 5.10 Å². The third-order valence-electron chi connectivity index (χ3n) is 3.49. The average molecular weight is 321 g/mol. The largest absolute Gasteiger partial charge is 0.305 e. The summed E-state index contributed by atoms with van der Waals surface area (Å²) in [6, 6.07) is 11.8. The molecule has 0 aliphatic carbocycles. The van der Waals surface area contributed by atoms with E-state index in [4.69, 9.17) is 23.2 Å². The predicted octanol–water partition coefficient (Wildman–Crippen LogP) is 5.12. The first-order valence-electron chi connectivity index (χ1n) is 6.76. The number of hydrogen-bond acceptors (Lipinski definition) is 2. The zero-order chi connectivity index (χ0) is 15.4. The molecule has 0 unspecified atom stereocenters. The first kappa shape index (κ1) is 15.9. The van der Waals surface area contributed by atoms with Crippen LogP contribution in [0.3, 0.4) is 0 Å². The van der Waals surface area contributed by atoms with Gasteiger partial charge < -0.3 is 5.43 Å². The van der Waals surface area contributed by atoms with Gasteiger partial charge >= 0.3 is 0 Å². The molecule has 4 heteroatoms. The minimum Gasteiger partial charge on any atom is -0.305 e. The van der Waals surface area contributed by atoms with E-state index in [1.54, 1.807) is 0 Å². The Hall–Kier alpha value is -1.51. The zero-order valence-corrected chi connectivity index (χ0v) is 13.9. The highest BCUT2D eigenvalue weighted by Gasteiger charge is 2.04. The summed E-state index contributed by atoms with van der Waals surface area (Å²) in [6.45, 7) is 6.68. The van der Waals surface area contributed by atoms with E-state index in [0.717, 1.165) is 16.8 Å². The van der Waals surface area contributed by atoms with Crippen molar-refractivity contribution in [2.75, 3.05) is 0 Å². The van der Waals surface area contributed by atoms with E-state index in [-0.39, 0.29) is 0 Å². The molecule has 0 atom stereocenters. The van der Waals surface area contributed by atoms with Gasteiger partial charge in [-0.05, 0) is 55.7 Å². The Balaban J connectivity index is 2.08. The van der Waals surface area contributed by atoms with Gasteiger partial charge in [-0.3, -0.25) is 0 Å². The standard InChI is InChI=1S/C17H18Cl2N2/c1-11-7-8-14(9-12(11)2)13(3)21-20-10-15-16(18)5-4-6-17(15)19/h4-9,20H,10H2,1-3H3/b21-13+. The van der Waals surface area contributed by atoms with Crippen LogP contribution in [0, 0.1) is 13.8 Å². The Morgan fingerprint density at radius 3 is 2.33 bits per heavy atom. The first-order chi connectivity index (χ1) is 9.99. The van der Waals surface area contributed by atoms with Crippen molar-refractivity contribution in [2.45, 2.75) is 27.3 Å². The summed E-state index contributed by atoms with van der Waals surface area (Å²) in [5.41, 5.74) is 8.47. The summed E-state index contributed by atoms with van der Waals surface area (Å²) in [6.07, 6.45) is 0. The molecule has 0 amide bonds.